The van der Waals surface area contributed by atoms with Gasteiger partial charge in [0.05, 0.1) is 6.10 Å². The van der Waals surface area contributed by atoms with E-state index in [1.54, 1.807) is 0 Å². The number of fused-ring (bicyclic) bond motifs is 1. The minimum absolute atomic E-state index is 0.00621. The Labute approximate surface area is 94.8 Å². The van der Waals surface area contributed by atoms with Gasteiger partial charge in [0.25, 0.3) is 0 Å². The Kier molecular flexibility index (Phi) is 2.78. The maximum Gasteiger partial charge on any atom is 0.124 e. The summed E-state index contributed by atoms with van der Waals surface area (Å²) in [5.41, 5.74) is 1.35. The molecule has 1 aromatic rings. The minimum atomic E-state index is -0.649. The zero-order chi connectivity index (χ0) is 11.9. The molecule has 0 aromatic heterocycles. The minimum Gasteiger partial charge on any atom is -0.508 e. The number of aromatic hydroxyl groups is 2. The Bertz CT molecular complexity index is 403. The number of hydrogen-bond acceptors (Lipinski definition) is 4. The van der Waals surface area contributed by atoms with Crippen molar-refractivity contribution in [1.29, 1.82) is 0 Å². The lowest BCUT2D eigenvalue weighted by molar-refractivity contribution is 0.0730. The first-order valence-corrected chi connectivity index (χ1v) is 5.46. The largest absolute Gasteiger partial charge is 0.508 e. The summed E-state index contributed by atoms with van der Waals surface area (Å²) < 4.78 is 0. The number of hydrogen-bond donors (Lipinski definition) is 3. The van der Waals surface area contributed by atoms with Crippen molar-refractivity contribution in [3.8, 4) is 11.5 Å². The van der Waals surface area contributed by atoms with Gasteiger partial charge in [0, 0.05) is 30.8 Å². The van der Waals surface area contributed by atoms with Crippen LogP contribution in [0, 0.1) is 0 Å². The van der Waals surface area contributed by atoms with Crippen molar-refractivity contribution in [1.82, 2.24) is 4.90 Å². The number of phenolic OH excluding ortho intramolecular Hbond substituents is 2. The molecule has 0 spiro atoms. The average Bonchev–Trinajstić information content (AvgIpc) is 2.19. The molecule has 0 radical (unpaired) electrons. The molecule has 2 rings (SSSR count). The second kappa shape index (κ2) is 3.96. The number of benzene rings is 1. The Morgan fingerprint density at radius 1 is 1.31 bits per heavy atom. The molecule has 1 aliphatic rings. The van der Waals surface area contributed by atoms with Gasteiger partial charge in [-0.25, -0.2) is 0 Å². The van der Waals surface area contributed by atoms with Crippen molar-refractivity contribution in [2.24, 2.45) is 0 Å². The van der Waals surface area contributed by atoms with Crippen molar-refractivity contribution < 1.29 is 15.3 Å². The molecule has 3 N–H and O–H groups in total. The van der Waals surface area contributed by atoms with E-state index in [9.17, 15) is 15.3 Å². The van der Waals surface area contributed by atoms with Gasteiger partial charge < -0.3 is 15.3 Å². The first-order chi connectivity index (χ1) is 7.49. The lowest BCUT2D eigenvalue weighted by Gasteiger charge is -2.35. The van der Waals surface area contributed by atoms with Crippen molar-refractivity contribution in [2.45, 2.75) is 32.5 Å². The molecule has 88 valence electrons. The van der Waals surface area contributed by atoms with Gasteiger partial charge in [-0.05, 0) is 25.5 Å². The van der Waals surface area contributed by atoms with E-state index < -0.39 is 6.10 Å². The van der Waals surface area contributed by atoms with Crippen LogP contribution in [0.3, 0.4) is 0 Å². The SMILES string of the molecule is CC(C)N1Cc2c(O)cc(O)cc2C(O)C1. The maximum atomic E-state index is 9.97. The number of β-amino-alcohol motifs (C(OH)–C–C–N with tert-alkyl or cyclic N) is 1. The van der Waals surface area contributed by atoms with Gasteiger partial charge in [-0.1, -0.05) is 0 Å². The fourth-order valence-corrected chi connectivity index (χ4v) is 2.11. The molecule has 4 heteroatoms. The zero-order valence-corrected chi connectivity index (χ0v) is 9.51. The normalized spacial score (nSPS) is 21.1. The van der Waals surface area contributed by atoms with E-state index in [0.29, 0.717) is 30.3 Å². The fourth-order valence-electron chi connectivity index (χ4n) is 2.11. The fraction of sp³-hybridized carbons (Fsp3) is 0.500. The second-order valence-corrected chi connectivity index (χ2v) is 4.57. The van der Waals surface area contributed by atoms with Crippen molar-refractivity contribution in [3.05, 3.63) is 23.3 Å². The number of aliphatic hydroxyl groups is 1. The van der Waals surface area contributed by atoms with Crippen LogP contribution >= 0.6 is 0 Å². The Morgan fingerprint density at radius 3 is 2.62 bits per heavy atom. The van der Waals surface area contributed by atoms with Crippen LogP contribution in [0.4, 0.5) is 0 Å². The second-order valence-electron chi connectivity index (χ2n) is 4.57. The third kappa shape index (κ3) is 1.86. The summed E-state index contributed by atoms with van der Waals surface area (Å²) in [7, 11) is 0. The van der Waals surface area contributed by atoms with Gasteiger partial charge in [0.15, 0.2) is 0 Å². The lowest BCUT2D eigenvalue weighted by atomic mass is 9.95. The summed E-state index contributed by atoms with van der Waals surface area (Å²) >= 11 is 0. The molecular weight excluding hydrogens is 206 g/mol. The van der Waals surface area contributed by atoms with Crippen LogP contribution < -0.4 is 0 Å². The van der Waals surface area contributed by atoms with E-state index >= 15 is 0 Å². The summed E-state index contributed by atoms with van der Waals surface area (Å²) in [6, 6.07) is 3.16. The zero-order valence-electron chi connectivity index (χ0n) is 9.51. The Hall–Kier alpha value is -1.26. The lowest BCUT2D eigenvalue weighted by Crippen LogP contribution is -2.38. The molecule has 1 aromatic carbocycles. The molecule has 1 aliphatic heterocycles. The molecule has 1 unspecified atom stereocenters. The summed E-state index contributed by atoms with van der Waals surface area (Å²) in [6.07, 6.45) is -0.649. The van der Waals surface area contributed by atoms with Crippen LogP contribution in [0.25, 0.3) is 0 Å². The van der Waals surface area contributed by atoms with Gasteiger partial charge in [0.2, 0.25) is 0 Å². The van der Waals surface area contributed by atoms with E-state index in [-0.39, 0.29) is 11.5 Å². The third-order valence-corrected chi connectivity index (χ3v) is 3.10. The standard InChI is InChI=1S/C12H17NO3/c1-7(2)13-5-10-9(12(16)6-13)3-8(14)4-11(10)15/h3-4,7,12,14-16H,5-6H2,1-2H3. The van der Waals surface area contributed by atoms with E-state index in [4.69, 9.17) is 0 Å². The van der Waals surface area contributed by atoms with Gasteiger partial charge in [-0.3, -0.25) is 4.90 Å². The molecule has 1 atom stereocenters. The monoisotopic (exact) mass is 223 g/mol. The highest BCUT2D eigenvalue weighted by atomic mass is 16.3. The van der Waals surface area contributed by atoms with E-state index in [1.165, 1.54) is 12.1 Å². The highest BCUT2D eigenvalue weighted by Gasteiger charge is 2.27. The molecule has 4 nitrogen and oxygen atoms in total. The van der Waals surface area contributed by atoms with Gasteiger partial charge in [0.1, 0.15) is 11.5 Å². The van der Waals surface area contributed by atoms with E-state index in [1.807, 2.05) is 0 Å². The van der Waals surface area contributed by atoms with E-state index in [0.717, 1.165) is 0 Å². The molecule has 1 heterocycles. The van der Waals surface area contributed by atoms with E-state index in [2.05, 4.69) is 18.7 Å². The number of rotatable bonds is 1. The molecule has 0 bridgehead atoms. The van der Waals surface area contributed by atoms with Crippen LogP contribution in [0.1, 0.15) is 31.1 Å². The van der Waals surface area contributed by atoms with Crippen molar-refractivity contribution in [2.75, 3.05) is 6.54 Å². The predicted octanol–water partition coefficient (Wildman–Crippen LogP) is 1.36. The molecular formula is C12H17NO3. The molecule has 16 heavy (non-hydrogen) atoms. The van der Waals surface area contributed by atoms with Crippen LogP contribution in [0.2, 0.25) is 0 Å². The van der Waals surface area contributed by atoms with Gasteiger partial charge in [-0.15, -0.1) is 0 Å². The smallest absolute Gasteiger partial charge is 0.124 e. The van der Waals surface area contributed by atoms with Crippen LogP contribution in [0.5, 0.6) is 11.5 Å². The first-order valence-electron chi connectivity index (χ1n) is 5.46. The van der Waals surface area contributed by atoms with Crippen LogP contribution in [0.15, 0.2) is 12.1 Å². The molecule has 0 saturated heterocycles. The summed E-state index contributed by atoms with van der Waals surface area (Å²) in [5, 5.41) is 29.1. The first kappa shape index (κ1) is 11.2. The molecule has 0 saturated carbocycles. The van der Waals surface area contributed by atoms with Crippen molar-refractivity contribution >= 4 is 0 Å². The van der Waals surface area contributed by atoms with Gasteiger partial charge >= 0.3 is 0 Å². The number of nitrogens with zero attached hydrogens (tertiary/aromatic N) is 1. The maximum absolute atomic E-state index is 9.97. The Balaban J connectivity index is 2.42. The topological polar surface area (TPSA) is 63.9 Å². The number of aliphatic hydroxyl groups excluding tert-OH is 1. The number of phenols is 2. The molecule has 0 amide bonds. The Morgan fingerprint density at radius 2 is 2.00 bits per heavy atom. The van der Waals surface area contributed by atoms with Crippen molar-refractivity contribution in [3.63, 3.8) is 0 Å². The van der Waals surface area contributed by atoms with Gasteiger partial charge in [-0.2, -0.15) is 0 Å². The third-order valence-electron chi connectivity index (χ3n) is 3.10. The summed E-state index contributed by atoms with van der Waals surface area (Å²) in [4.78, 5) is 2.09. The average molecular weight is 223 g/mol. The summed E-state index contributed by atoms with van der Waals surface area (Å²) in [5.74, 6) is 0.0488. The highest BCUT2D eigenvalue weighted by molar-refractivity contribution is 5.47. The summed E-state index contributed by atoms with van der Waals surface area (Å²) in [6.45, 7) is 5.24. The quantitative estimate of drug-likeness (QED) is 0.672. The van der Waals surface area contributed by atoms with Crippen LogP contribution in [-0.2, 0) is 6.54 Å². The molecule has 0 aliphatic carbocycles. The molecule has 0 fully saturated rings. The predicted molar refractivity (Wildman–Crippen MR) is 60.3 cm³/mol. The van der Waals surface area contributed by atoms with Crippen LogP contribution in [-0.4, -0.2) is 32.8 Å². The highest BCUT2D eigenvalue weighted by Crippen LogP contribution is 2.36.